The molecule has 0 bridgehead atoms. The summed E-state index contributed by atoms with van der Waals surface area (Å²) in [5.74, 6) is 1.51. The number of rotatable bonds is 4. The predicted molar refractivity (Wildman–Crippen MR) is 110 cm³/mol. The number of halogens is 1. The fraction of sp³-hybridized carbons (Fsp3) is 0.238. The van der Waals surface area contributed by atoms with Crippen LogP contribution < -0.4 is 15.1 Å². The molecule has 1 aliphatic heterocycles. The van der Waals surface area contributed by atoms with E-state index in [1.165, 1.54) is 24.3 Å². The summed E-state index contributed by atoms with van der Waals surface area (Å²) in [4.78, 5) is 30.1. The number of aromatic nitrogens is 3. The highest BCUT2D eigenvalue weighted by Gasteiger charge is 2.21. The van der Waals surface area contributed by atoms with E-state index >= 15 is 0 Å². The van der Waals surface area contributed by atoms with Crippen molar-refractivity contribution in [3.63, 3.8) is 0 Å². The molecule has 1 saturated heterocycles. The maximum Gasteiger partial charge on any atom is 0.274 e. The van der Waals surface area contributed by atoms with E-state index in [-0.39, 0.29) is 17.4 Å². The molecule has 7 nitrogen and oxygen atoms in total. The average molecular weight is 392 g/mol. The largest absolute Gasteiger partial charge is 0.353 e. The summed E-state index contributed by atoms with van der Waals surface area (Å²) in [6, 6.07) is 13.2. The highest BCUT2D eigenvalue weighted by atomic mass is 19.1. The van der Waals surface area contributed by atoms with Gasteiger partial charge in [0.2, 0.25) is 0 Å². The Morgan fingerprint density at radius 3 is 2.31 bits per heavy atom. The van der Waals surface area contributed by atoms with E-state index in [1.54, 1.807) is 19.2 Å². The monoisotopic (exact) mass is 392 g/mol. The number of piperazine rings is 1. The number of carbonyl (C=O) groups excluding carboxylic acids is 1. The molecule has 1 amide bonds. The van der Waals surface area contributed by atoms with E-state index < -0.39 is 0 Å². The summed E-state index contributed by atoms with van der Waals surface area (Å²) in [6.45, 7) is 4.94. The number of hydrogen-bond acceptors (Lipinski definition) is 6. The van der Waals surface area contributed by atoms with Crippen molar-refractivity contribution >= 4 is 23.2 Å². The summed E-state index contributed by atoms with van der Waals surface area (Å²) in [5, 5.41) is 2.74. The summed E-state index contributed by atoms with van der Waals surface area (Å²) < 4.78 is 13.0. The van der Waals surface area contributed by atoms with Crippen molar-refractivity contribution in [3.8, 4) is 0 Å². The molecule has 1 N–H and O–H groups in total. The fourth-order valence-electron chi connectivity index (χ4n) is 3.26. The third kappa shape index (κ3) is 4.48. The predicted octanol–water partition coefficient (Wildman–Crippen LogP) is 2.90. The molecule has 3 aromatic rings. The summed E-state index contributed by atoms with van der Waals surface area (Å²) in [7, 11) is 0. The van der Waals surface area contributed by atoms with Crippen LogP contribution in [0.2, 0.25) is 0 Å². The first kappa shape index (κ1) is 18.8. The number of benzene rings is 1. The summed E-state index contributed by atoms with van der Waals surface area (Å²) in [6.07, 6.45) is 1.79. The zero-order valence-electron chi connectivity index (χ0n) is 16.0. The van der Waals surface area contributed by atoms with Crippen LogP contribution in [-0.4, -0.2) is 47.0 Å². The van der Waals surface area contributed by atoms with Gasteiger partial charge >= 0.3 is 0 Å². The Balaban J connectivity index is 1.46. The highest BCUT2D eigenvalue weighted by Crippen LogP contribution is 2.19. The normalized spacial score (nSPS) is 14.0. The van der Waals surface area contributed by atoms with Crippen LogP contribution in [0.4, 0.5) is 21.7 Å². The first-order valence-corrected chi connectivity index (χ1v) is 9.42. The molecule has 0 atom stereocenters. The van der Waals surface area contributed by atoms with Gasteiger partial charge < -0.3 is 15.1 Å². The Bertz CT molecular complexity index is 988. The van der Waals surface area contributed by atoms with Crippen LogP contribution in [0.15, 0.2) is 54.7 Å². The summed E-state index contributed by atoms with van der Waals surface area (Å²) >= 11 is 0. The van der Waals surface area contributed by atoms with Crippen molar-refractivity contribution in [2.45, 2.75) is 6.92 Å². The van der Waals surface area contributed by atoms with Crippen molar-refractivity contribution in [2.24, 2.45) is 0 Å². The van der Waals surface area contributed by atoms with Gasteiger partial charge in [-0.3, -0.25) is 4.79 Å². The number of nitrogens with one attached hydrogen (secondary N) is 1. The molecule has 0 spiro atoms. The minimum atomic E-state index is -0.354. The van der Waals surface area contributed by atoms with E-state index in [0.29, 0.717) is 11.5 Å². The quantitative estimate of drug-likeness (QED) is 0.736. The maximum absolute atomic E-state index is 13.0. The molecule has 1 fully saturated rings. The van der Waals surface area contributed by atoms with Crippen LogP contribution >= 0.6 is 0 Å². The molecule has 1 aliphatic rings. The molecule has 148 valence electrons. The number of carbonyl (C=O) groups is 1. The van der Waals surface area contributed by atoms with Gasteiger partial charge in [0.05, 0.1) is 0 Å². The molecule has 4 rings (SSSR count). The number of nitrogens with zero attached hydrogens (tertiary/aromatic N) is 5. The van der Waals surface area contributed by atoms with Gasteiger partial charge in [-0.2, -0.15) is 0 Å². The number of pyridine rings is 1. The Kier molecular flexibility index (Phi) is 5.33. The molecule has 0 saturated carbocycles. The third-order valence-corrected chi connectivity index (χ3v) is 4.74. The van der Waals surface area contributed by atoms with Crippen LogP contribution in [0, 0.1) is 12.7 Å². The van der Waals surface area contributed by atoms with Crippen molar-refractivity contribution in [2.75, 3.05) is 41.3 Å². The van der Waals surface area contributed by atoms with E-state index in [4.69, 9.17) is 0 Å². The molecular formula is C21H21FN6O. The Morgan fingerprint density at radius 1 is 0.966 bits per heavy atom. The van der Waals surface area contributed by atoms with Gasteiger partial charge in [0.1, 0.15) is 29.0 Å². The lowest BCUT2D eigenvalue weighted by Crippen LogP contribution is -2.47. The topological polar surface area (TPSA) is 74.2 Å². The Morgan fingerprint density at radius 2 is 1.66 bits per heavy atom. The van der Waals surface area contributed by atoms with Gasteiger partial charge in [0, 0.05) is 44.1 Å². The fourth-order valence-corrected chi connectivity index (χ4v) is 3.26. The van der Waals surface area contributed by atoms with Crippen LogP contribution in [0.1, 0.15) is 16.3 Å². The minimum absolute atomic E-state index is 0.281. The van der Waals surface area contributed by atoms with E-state index in [0.717, 1.165) is 37.8 Å². The number of aryl methyl sites for hydroxylation is 1. The van der Waals surface area contributed by atoms with E-state index in [2.05, 4.69) is 30.1 Å². The average Bonchev–Trinajstić information content (AvgIpc) is 2.75. The van der Waals surface area contributed by atoms with Crippen molar-refractivity contribution in [1.29, 1.82) is 0 Å². The number of anilines is 3. The first-order valence-electron chi connectivity index (χ1n) is 9.42. The standard InChI is InChI=1S/C21H21FN6O/c1-15-24-18(21(29)26-17-7-5-16(22)6-8-17)14-20(25-15)28-12-10-27(11-13-28)19-4-2-3-9-23-19/h2-9,14H,10-13H2,1H3,(H,26,29). The lowest BCUT2D eigenvalue weighted by atomic mass is 10.2. The molecular weight excluding hydrogens is 371 g/mol. The van der Waals surface area contributed by atoms with Crippen LogP contribution in [0.5, 0.6) is 0 Å². The van der Waals surface area contributed by atoms with E-state index in [1.807, 2.05) is 18.2 Å². The molecule has 3 heterocycles. The molecule has 1 aromatic carbocycles. The summed E-state index contributed by atoms with van der Waals surface area (Å²) in [5.41, 5.74) is 0.794. The molecule has 0 unspecified atom stereocenters. The molecule has 29 heavy (non-hydrogen) atoms. The Hall–Kier alpha value is -3.55. The zero-order chi connectivity index (χ0) is 20.2. The highest BCUT2D eigenvalue weighted by molar-refractivity contribution is 6.03. The van der Waals surface area contributed by atoms with Gasteiger partial charge in [-0.25, -0.2) is 19.3 Å². The molecule has 2 aromatic heterocycles. The van der Waals surface area contributed by atoms with Crippen LogP contribution in [0.25, 0.3) is 0 Å². The lowest BCUT2D eigenvalue weighted by molar-refractivity contribution is 0.102. The zero-order valence-corrected chi connectivity index (χ0v) is 16.0. The third-order valence-electron chi connectivity index (χ3n) is 4.74. The van der Waals surface area contributed by atoms with Crippen molar-refractivity contribution in [3.05, 3.63) is 72.1 Å². The second kappa shape index (κ2) is 8.22. The molecule has 8 heteroatoms. The van der Waals surface area contributed by atoms with Crippen molar-refractivity contribution in [1.82, 2.24) is 15.0 Å². The van der Waals surface area contributed by atoms with Crippen LogP contribution in [0.3, 0.4) is 0 Å². The second-order valence-electron chi connectivity index (χ2n) is 6.78. The first-order chi connectivity index (χ1) is 14.1. The van der Waals surface area contributed by atoms with Gasteiger partial charge in [0.25, 0.3) is 5.91 Å². The van der Waals surface area contributed by atoms with Gasteiger partial charge in [-0.15, -0.1) is 0 Å². The molecule has 0 radical (unpaired) electrons. The second-order valence-corrected chi connectivity index (χ2v) is 6.78. The lowest BCUT2D eigenvalue weighted by Gasteiger charge is -2.36. The smallest absolute Gasteiger partial charge is 0.274 e. The minimum Gasteiger partial charge on any atom is -0.353 e. The van der Waals surface area contributed by atoms with Gasteiger partial charge in [-0.1, -0.05) is 6.07 Å². The van der Waals surface area contributed by atoms with Gasteiger partial charge in [0.15, 0.2) is 0 Å². The van der Waals surface area contributed by atoms with Crippen molar-refractivity contribution < 1.29 is 9.18 Å². The van der Waals surface area contributed by atoms with E-state index in [9.17, 15) is 9.18 Å². The molecule has 0 aliphatic carbocycles. The number of amides is 1. The van der Waals surface area contributed by atoms with Gasteiger partial charge in [-0.05, 0) is 43.3 Å². The SMILES string of the molecule is Cc1nc(C(=O)Nc2ccc(F)cc2)cc(N2CCN(c3ccccn3)CC2)n1. The Labute approximate surface area is 168 Å². The number of hydrogen-bond donors (Lipinski definition) is 1. The van der Waals surface area contributed by atoms with Crippen LogP contribution in [-0.2, 0) is 0 Å². The maximum atomic E-state index is 13.0.